The summed E-state index contributed by atoms with van der Waals surface area (Å²) < 4.78 is 1.83. The molecule has 0 radical (unpaired) electrons. The van der Waals surface area contributed by atoms with Crippen LogP contribution in [0, 0.1) is 12.8 Å². The van der Waals surface area contributed by atoms with Crippen molar-refractivity contribution in [1.82, 2.24) is 19.6 Å². The lowest BCUT2D eigenvalue weighted by atomic mass is 10.1. The first kappa shape index (κ1) is 16.9. The number of carbonyl (C=O) groups excluding carboxylic acids is 1. The Kier molecular flexibility index (Phi) is 4.92. The maximum Gasteiger partial charge on any atom is 0.224 e. The summed E-state index contributed by atoms with van der Waals surface area (Å²) >= 11 is 0. The molecule has 0 saturated carbocycles. The molecule has 0 atom stereocenters. The third-order valence-electron chi connectivity index (χ3n) is 3.75. The van der Waals surface area contributed by atoms with Gasteiger partial charge >= 0.3 is 0 Å². The number of amides is 1. The number of anilines is 2. The van der Waals surface area contributed by atoms with Gasteiger partial charge in [0.2, 0.25) is 5.91 Å². The molecule has 0 unspecified atom stereocenters. The van der Waals surface area contributed by atoms with Gasteiger partial charge in [-0.25, -0.2) is 4.98 Å². The average molecular weight is 338 g/mol. The first-order chi connectivity index (χ1) is 12.0. The first-order valence-electron chi connectivity index (χ1n) is 8.31. The van der Waals surface area contributed by atoms with Gasteiger partial charge in [-0.05, 0) is 30.5 Å². The summed E-state index contributed by atoms with van der Waals surface area (Å²) in [6, 6.07) is 9.66. The van der Waals surface area contributed by atoms with Gasteiger partial charge in [0.25, 0.3) is 0 Å². The fraction of sp³-hybridized carbons (Fsp3) is 0.333. The Morgan fingerprint density at radius 3 is 2.92 bits per heavy atom. The van der Waals surface area contributed by atoms with Gasteiger partial charge in [-0.15, -0.1) is 10.2 Å². The molecule has 2 N–H and O–H groups in total. The van der Waals surface area contributed by atoms with Crippen LogP contribution in [-0.2, 0) is 11.3 Å². The molecule has 2 heterocycles. The first-order valence-corrected chi connectivity index (χ1v) is 8.31. The lowest BCUT2D eigenvalue weighted by Gasteiger charge is -2.10. The summed E-state index contributed by atoms with van der Waals surface area (Å²) in [5.41, 5.74) is 2.62. The molecule has 0 aliphatic rings. The zero-order chi connectivity index (χ0) is 17.8. The Morgan fingerprint density at radius 1 is 1.28 bits per heavy atom. The predicted octanol–water partition coefficient (Wildman–Crippen LogP) is 3.03. The number of aromatic nitrogens is 4. The third-order valence-corrected chi connectivity index (χ3v) is 3.75. The summed E-state index contributed by atoms with van der Waals surface area (Å²) in [7, 11) is 0. The van der Waals surface area contributed by atoms with Crippen molar-refractivity contribution >= 4 is 23.1 Å². The summed E-state index contributed by atoms with van der Waals surface area (Å²) in [6.45, 7) is 6.57. The molecule has 1 aromatic carbocycles. The SMILES string of the molecule is Cc1nc(NCc2cccc(NC(=O)CC(C)C)c2)cc2nncn12. The molecule has 3 aromatic rings. The van der Waals surface area contributed by atoms with E-state index in [0.717, 1.165) is 28.5 Å². The monoisotopic (exact) mass is 338 g/mol. The zero-order valence-electron chi connectivity index (χ0n) is 14.7. The molecule has 0 fully saturated rings. The number of rotatable bonds is 6. The van der Waals surface area contributed by atoms with Crippen molar-refractivity contribution in [3.05, 3.63) is 48.0 Å². The van der Waals surface area contributed by atoms with E-state index in [1.165, 1.54) is 0 Å². The molecule has 0 aliphatic heterocycles. The fourth-order valence-corrected chi connectivity index (χ4v) is 2.60. The van der Waals surface area contributed by atoms with Crippen molar-refractivity contribution in [3.63, 3.8) is 0 Å². The van der Waals surface area contributed by atoms with Crippen LogP contribution in [0.25, 0.3) is 5.65 Å². The van der Waals surface area contributed by atoms with Crippen molar-refractivity contribution in [2.24, 2.45) is 5.92 Å². The Bertz CT molecular complexity index is 886. The van der Waals surface area contributed by atoms with Crippen molar-refractivity contribution < 1.29 is 4.79 Å². The molecule has 2 aromatic heterocycles. The topological polar surface area (TPSA) is 84.2 Å². The number of hydrogen-bond donors (Lipinski definition) is 2. The van der Waals surface area contributed by atoms with E-state index in [9.17, 15) is 4.79 Å². The summed E-state index contributed by atoms with van der Waals surface area (Å²) in [5, 5.41) is 14.2. The van der Waals surface area contributed by atoms with E-state index < -0.39 is 0 Å². The Labute approximate surface area is 146 Å². The van der Waals surface area contributed by atoms with Gasteiger partial charge < -0.3 is 10.6 Å². The average Bonchev–Trinajstić information content (AvgIpc) is 3.01. The van der Waals surface area contributed by atoms with Crippen LogP contribution in [0.15, 0.2) is 36.7 Å². The van der Waals surface area contributed by atoms with Crippen LogP contribution < -0.4 is 10.6 Å². The van der Waals surface area contributed by atoms with Gasteiger partial charge in [0.15, 0.2) is 5.65 Å². The molecule has 7 heteroatoms. The molecule has 130 valence electrons. The standard InChI is InChI=1S/C18H22N6O/c1-12(2)7-18(25)22-15-6-4-5-14(8-15)10-19-16-9-17-23-20-11-24(17)13(3)21-16/h4-6,8-9,11-12,19H,7,10H2,1-3H3,(H,22,25). The minimum atomic E-state index is 0.0367. The van der Waals surface area contributed by atoms with Gasteiger partial charge in [0.05, 0.1) is 0 Å². The van der Waals surface area contributed by atoms with Crippen LogP contribution in [0.3, 0.4) is 0 Å². The van der Waals surface area contributed by atoms with Crippen molar-refractivity contribution in [1.29, 1.82) is 0 Å². The maximum absolute atomic E-state index is 11.9. The maximum atomic E-state index is 11.9. The Balaban J connectivity index is 1.66. The Hall–Kier alpha value is -2.96. The minimum Gasteiger partial charge on any atom is -0.366 e. The van der Waals surface area contributed by atoms with Gasteiger partial charge in [0, 0.05) is 24.7 Å². The van der Waals surface area contributed by atoms with E-state index in [4.69, 9.17) is 0 Å². The van der Waals surface area contributed by atoms with Crippen LogP contribution in [0.2, 0.25) is 0 Å². The Morgan fingerprint density at radius 2 is 2.12 bits per heavy atom. The van der Waals surface area contributed by atoms with Crippen LogP contribution in [0.4, 0.5) is 11.5 Å². The molecule has 3 rings (SSSR count). The highest BCUT2D eigenvalue weighted by molar-refractivity contribution is 5.90. The second-order valence-corrected chi connectivity index (χ2v) is 6.45. The highest BCUT2D eigenvalue weighted by atomic mass is 16.1. The van der Waals surface area contributed by atoms with Crippen LogP contribution in [-0.4, -0.2) is 25.5 Å². The summed E-state index contributed by atoms with van der Waals surface area (Å²) in [5.74, 6) is 1.94. The number of aryl methyl sites for hydroxylation is 1. The lowest BCUT2D eigenvalue weighted by Crippen LogP contribution is -2.14. The lowest BCUT2D eigenvalue weighted by molar-refractivity contribution is -0.116. The van der Waals surface area contributed by atoms with Crippen LogP contribution in [0.5, 0.6) is 0 Å². The number of nitrogens with zero attached hydrogens (tertiary/aromatic N) is 4. The van der Waals surface area contributed by atoms with E-state index >= 15 is 0 Å². The molecule has 7 nitrogen and oxygen atoms in total. The molecule has 0 bridgehead atoms. The summed E-state index contributed by atoms with van der Waals surface area (Å²) in [4.78, 5) is 16.4. The number of hydrogen-bond acceptors (Lipinski definition) is 5. The molecular formula is C18H22N6O. The van der Waals surface area contributed by atoms with E-state index in [2.05, 4.69) is 25.8 Å². The van der Waals surface area contributed by atoms with Crippen molar-refractivity contribution in [3.8, 4) is 0 Å². The number of nitrogens with one attached hydrogen (secondary N) is 2. The smallest absolute Gasteiger partial charge is 0.224 e. The zero-order valence-corrected chi connectivity index (χ0v) is 14.7. The largest absolute Gasteiger partial charge is 0.366 e. The van der Waals surface area contributed by atoms with Crippen molar-refractivity contribution in [2.75, 3.05) is 10.6 Å². The number of carbonyl (C=O) groups is 1. The number of benzene rings is 1. The van der Waals surface area contributed by atoms with Gasteiger partial charge in [0.1, 0.15) is 18.0 Å². The predicted molar refractivity (Wildman–Crippen MR) is 97.4 cm³/mol. The number of fused-ring (bicyclic) bond motifs is 1. The van der Waals surface area contributed by atoms with Gasteiger partial charge in [-0.2, -0.15) is 0 Å². The second-order valence-electron chi connectivity index (χ2n) is 6.45. The van der Waals surface area contributed by atoms with E-state index in [0.29, 0.717) is 18.9 Å². The van der Waals surface area contributed by atoms with E-state index in [1.807, 2.05) is 55.5 Å². The molecule has 1 amide bonds. The highest BCUT2D eigenvalue weighted by Gasteiger charge is 2.07. The van der Waals surface area contributed by atoms with Crippen molar-refractivity contribution in [2.45, 2.75) is 33.7 Å². The molecule has 0 spiro atoms. The molecule has 0 saturated heterocycles. The van der Waals surface area contributed by atoms with E-state index in [1.54, 1.807) is 6.33 Å². The minimum absolute atomic E-state index is 0.0367. The van der Waals surface area contributed by atoms with Gasteiger partial charge in [-0.3, -0.25) is 9.20 Å². The second kappa shape index (κ2) is 7.29. The normalized spacial score (nSPS) is 11.0. The van der Waals surface area contributed by atoms with E-state index in [-0.39, 0.29) is 5.91 Å². The van der Waals surface area contributed by atoms with Crippen LogP contribution in [0.1, 0.15) is 31.7 Å². The molecule has 0 aliphatic carbocycles. The molecule has 25 heavy (non-hydrogen) atoms. The summed E-state index contributed by atoms with van der Waals surface area (Å²) in [6.07, 6.45) is 2.16. The molecular weight excluding hydrogens is 316 g/mol. The van der Waals surface area contributed by atoms with Gasteiger partial charge in [-0.1, -0.05) is 26.0 Å². The third kappa shape index (κ3) is 4.32. The van der Waals surface area contributed by atoms with Crippen LogP contribution >= 0.6 is 0 Å². The highest BCUT2D eigenvalue weighted by Crippen LogP contribution is 2.15. The fourth-order valence-electron chi connectivity index (χ4n) is 2.60. The quantitative estimate of drug-likeness (QED) is 0.722.